The summed E-state index contributed by atoms with van der Waals surface area (Å²) < 4.78 is 14.1. The van der Waals surface area contributed by atoms with Crippen LogP contribution in [0.15, 0.2) is 51.8 Å². The first-order chi connectivity index (χ1) is 16.4. The number of nitrogens with zero attached hydrogens (tertiary/aromatic N) is 3. The molecule has 5 rings (SSSR count). The molecule has 0 atom stereocenters. The van der Waals surface area contributed by atoms with Crippen LogP contribution in [0.5, 0.6) is 5.75 Å². The molecule has 0 spiro atoms. The van der Waals surface area contributed by atoms with Crippen molar-refractivity contribution in [2.24, 2.45) is 7.05 Å². The number of carbonyl (C=O) groups is 1. The monoisotopic (exact) mass is 478 g/mol. The molecule has 0 unspecified atom stereocenters. The van der Waals surface area contributed by atoms with E-state index in [1.165, 1.54) is 4.68 Å². The van der Waals surface area contributed by atoms with Gasteiger partial charge in [-0.15, -0.1) is 0 Å². The van der Waals surface area contributed by atoms with Gasteiger partial charge in [-0.3, -0.25) is 14.3 Å². The average molecular weight is 479 g/mol. The first kappa shape index (κ1) is 22.0. The minimum Gasteiger partial charge on any atom is -0.497 e. The molecule has 0 fully saturated rings. The van der Waals surface area contributed by atoms with Gasteiger partial charge in [0.25, 0.3) is 11.5 Å². The van der Waals surface area contributed by atoms with Crippen LogP contribution in [0.4, 0.5) is 5.69 Å². The molecule has 2 aromatic heterocycles. The molecule has 2 heterocycles. The van der Waals surface area contributed by atoms with E-state index in [0.717, 1.165) is 35.3 Å². The summed E-state index contributed by atoms with van der Waals surface area (Å²) in [5, 5.41) is 7.37. The van der Waals surface area contributed by atoms with Gasteiger partial charge in [0.05, 0.1) is 18.5 Å². The lowest BCUT2D eigenvalue weighted by atomic mass is 10.0. The number of benzene rings is 2. The quantitative estimate of drug-likeness (QED) is 0.465. The highest BCUT2D eigenvalue weighted by atomic mass is 35.5. The molecule has 0 bridgehead atoms. The highest BCUT2D eigenvalue weighted by Crippen LogP contribution is 2.36. The first-order valence-electron chi connectivity index (χ1n) is 10.9. The Morgan fingerprint density at radius 2 is 2.03 bits per heavy atom. The Labute approximate surface area is 200 Å². The van der Waals surface area contributed by atoms with E-state index in [2.05, 4.69) is 10.5 Å². The first-order valence-corrected chi connectivity index (χ1v) is 11.3. The zero-order chi connectivity index (χ0) is 24.0. The van der Waals surface area contributed by atoms with Crippen molar-refractivity contribution in [1.29, 1.82) is 0 Å². The minimum atomic E-state index is -0.481. The van der Waals surface area contributed by atoms with E-state index in [1.54, 1.807) is 50.0 Å². The van der Waals surface area contributed by atoms with Crippen molar-refractivity contribution in [2.75, 3.05) is 12.4 Å². The normalized spacial score (nSPS) is 12.6. The molecule has 0 saturated heterocycles. The van der Waals surface area contributed by atoms with Crippen LogP contribution in [-0.2, 0) is 19.9 Å². The summed E-state index contributed by atoms with van der Waals surface area (Å²) >= 11 is 6.11. The minimum absolute atomic E-state index is 0.183. The number of hydrogen-bond donors (Lipinski definition) is 1. The molecule has 34 heavy (non-hydrogen) atoms. The number of ether oxygens (including phenoxy) is 1. The second kappa shape index (κ2) is 8.53. The van der Waals surface area contributed by atoms with Crippen LogP contribution in [-0.4, -0.2) is 27.5 Å². The number of fused-ring (bicyclic) bond motifs is 3. The Kier molecular flexibility index (Phi) is 5.53. The van der Waals surface area contributed by atoms with E-state index in [9.17, 15) is 9.59 Å². The molecule has 9 heteroatoms. The highest BCUT2D eigenvalue weighted by Gasteiger charge is 2.28. The van der Waals surface area contributed by atoms with Gasteiger partial charge in [0, 0.05) is 23.2 Å². The van der Waals surface area contributed by atoms with E-state index in [0.29, 0.717) is 28.6 Å². The number of nitrogens with one attached hydrogen (secondary N) is 1. The Morgan fingerprint density at radius 1 is 1.21 bits per heavy atom. The van der Waals surface area contributed by atoms with Crippen molar-refractivity contribution < 1.29 is 14.1 Å². The molecule has 8 nitrogen and oxygen atoms in total. The number of anilines is 1. The van der Waals surface area contributed by atoms with E-state index in [-0.39, 0.29) is 16.9 Å². The molecule has 1 aliphatic rings. The fourth-order valence-corrected chi connectivity index (χ4v) is 4.62. The number of rotatable bonds is 4. The lowest BCUT2D eigenvalue weighted by Gasteiger charge is -2.08. The molecular weight excluding hydrogens is 456 g/mol. The molecule has 0 aliphatic heterocycles. The maximum Gasteiger partial charge on any atom is 0.295 e. The Hall–Kier alpha value is -3.78. The van der Waals surface area contributed by atoms with Gasteiger partial charge in [-0.2, -0.15) is 0 Å². The van der Waals surface area contributed by atoms with Gasteiger partial charge in [-0.05, 0) is 68.1 Å². The van der Waals surface area contributed by atoms with Crippen molar-refractivity contribution in [2.45, 2.75) is 26.2 Å². The SMILES string of the molecule is COc1ccc2c(c1)CCCc1c(C(=O)Nc3c(C)n(C)n(-c4cccc(Cl)c4)c3=O)noc1-2. The van der Waals surface area contributed by atoms with Crippen molar-refractivity contribution in [3.8, 4) is 22.8 Å². The lowest BCUT2D eigenvalue weighted by molar-refractivity contribution is 0.101. The van der Waals surface area contributed by atoms with Gasteiger partial charge in [0.15, 0.2) is 11.5 Å². The third-order valence-electron chi connectivity index (χ3n) is 6.28. The fourth-order valence-electron chi connectivity index (χ4n) is 4.44. The van der Waals surface area contributed by atoms with Gasteiger partial charge in [-0.1, -0.05) is 22.8 Å². The third-order valence-corrected chi connectivity index (χ3v) is 6.51. The number of halogens is 1. The smallest absolute Gasteiger partial charge is 0.295 e. The van der Waals surface area contributed by atoms with Crippen LogP contribution in [0.3, 0.4) is 0 Å². The van der Waals surface area contributed by atoms with Crippen molar-refractivity contribution in [1.82, 2.24) is 14.5 Å². The van der Waals surface area contributed by atoms with E-state index in [4.69, 9.17) is 20.9 Å². The van der Waals surface area contributed by atoms with Crippen LogP contribution in [0, 0.1) is 6.92 Å². The van der Waals surface area contributed by atoms with E-state index < -0.39 is 5.91 Å². The van der Waals surface area contributed by atoms with Gasteiger partial charge in [0.2, 0.25) is 0 Å². The Morgan fingerprint density at radius 3 is 2.79 bits per heavy atom. The van der Waals surface area contributed by atoms with Gasteiger partial charge in [-0.25, -0.2) is 4.68 Å². The number of amides is 1. The number of aromatic nitrogens is 3. The molecule has 174 valence electrons. The van der Waals surface area contributed by atoms with Gasteiger partial charge < -0.3 is 14.6 Å². The third kappa shape index (κ3) is 3.60. The molecule has 1 N–H and O–H groups in total. The molecule has 2 aromatic carbocycles. The molecule has 0 saturated carbocycles. The van der Waals surface area contributed by atoms with Crippen LogP contribution in [0.2, 0.25) is 5.02 Å². The van der Waals surface area contributed by atoms with Crippen molar-refractivity contribution >= 4 is 23.2 Å². The van der Waals surface area contributed by atoms with Crippen molar-refractivity contribution in [3.05, 3.63) is 80.4 Å². The zero-order valence-corrected chi connectivity index (χ0v) is 19.8. The summed E-state index contributed by atoms with van der Waals surface area (Å²) in [5.74, 6) is 0.877. The Balaban J connectivity index is 1.51. The lowest BCUT2D eigenvalue weighted by Crippen LogP contribution is -2.23. The number of hydrogen-bond acceptors (Lipinski definition) is 5. The number of aryl methyl sites for hydroxylation is 1. The zero-order valence-electron chi connectivity index (χ0n) is 19.0. The predicted octanol–water partition coefficient (Wildman–Crippen LogP) is 4.54. The second-order valence-corrected chi connectivity index (χ2v) is 8.69. The summed E-state index contributed by atoms with van der Waals surface area (Å²) in [6, 6.07) is 12.7. The van der Waals surface area contributed by atoms with Crippen LogP contribution >= 0.6 is 11.6 Å². The molecular formula is C25H23ClN4O4. The second-order valence-electron chi connectivity index (χ2n) is 8.25. The summed E-state index contributed by atoms with van der Waals surface area (Å²) in [4.78, 5) is 26.5. The maximum absolute atomic E-state index is 13.3. The molecule has 1 amide bonds. The van der Waals surface area contributed by atoms with Crippen molar-refractivity contribution in [3.63, 3.8) is 0 Å². The molecule has 1 aliphatic carbocycles. The topological polar surface area (TPSA) is 91.3 Å². The summed E-state index contributed by atoms with van der Waals surface area (Å²) in [6.45, 7) is 1.77. The Bertz CT molecular complexity index is 1480. The summed E-state index contributed by atoms with van der Waals surface area (Å²) in [6.07, 6.45) is 2.31. The standard InChI is InChI=1S/C25H23ClN4O4/c1-14-21(25(32)30(29(14)2)17-8-5-7-16(26)13-17)27-24(31)22-20-9-4-6-15-12-18(33-3)10-11-19(15)23(20)34-28-22/h5,7-8,10-13H,4,6,9H2,1-3H3,(H,27,31). The number of methoxy groups -OCH3 is 1. The van der Waals surface area contributed by atoms with E-state index >= 15 is 0 Å². The predicted molar refractivity (Wildman–Crippen MR) is 129 cm³/mol. The maximum atomic E-state index is 13.3. The van der Waals surface area contributed by atoms with Crippen LogP contribution in [0.1, 0.15) is 33.7 Å². The average Bonchev–Trinajstić information content (AvgIpc) is 3.26. The largest absolute Gasteiger partial charge is 0.497 e. The van der Waals surface area contributed by atoms with Gasteiger partial charge >= 0.3 is 0 Å². The molecule has 0 radical (unpaired) electrons. The van der Waals surface area contributed by atoms with E-state index in [1.807, 2.05) is 18.2 Å². The van der Waals surface area contributed by atoms with Gasteiger partial charge in [0.1, 0.15) is 11.4 Å². The van der Waals surface area contributed by atoms with Crippen LogP contribution in [0.25, 0.3) is 17.0 Å². The fraction of sp³-hybridized carbons (Fsp3) is 0.240. The highest BCUT2D eigenvalue weighted by molar-refractivity contribution is 6.30. The summed E-state index contributed by atoms with van der Waals surface area (Å²) in [5.41, 5.74) is 3.95. The molecule has 4 aromatic rings. The number of carbonyl (C=O) groups excluding carboxylic acids is 1. The van der Waals surface area contributed by atoms with Crippen LogP contribution < -0.4 is 15.6 Å². The summed E-state index contributed by atoms with van der Waals surface area (Å²) in [7, 11) is 3.38.